The van der Waals surface area contributed by atoms with Gasteiger partial charge in [0, 0.05) is 22.4 Å². The highest BCUT2D eigenvalue weighted by Gasteiger charge is 2.22. The molecule has 4 nitrogen and oxygen atoms in total. The molecule has 8 heteroatoms. The third-order valence-electron chi connectivity index (χ3n) is 4.71. The summed E-state index contributed by atoms with van der Waals surface area (Å²) in [4.78, 5) is 0.144. The second kappa shape index (κ2) is 6.53. The first-order valence-corrected chi connectivity index (χ1v) is 10.6. The van der Waals surface area contributed by atoms with Crippen molar-refractivity contribution in [2.75, 3.05) is 6.26 Å². The van der Waals surface area contributed by atoms with E-state index in [-0.39, 0.29) is 10.6 Å². The van der Waals surface area contributed by atoms with Gasteiger partial charge in [-0.05, 0) is 42.8 Å². The quantitative estimate of drug-likeness (QED) is 0.441. The van der Waals surface area contributed by atoms with E-state index in [0.29, 0.717) is 27.0 Å². The molecule has 0 spiro atoms. The number of aryl methyl sites for hydroxylation is 1. The van der Waals surface area contributed by atoms with Crippen molar-refractivity contribution in [3.63, 3.8) is 0 Å². The van der Waals surface area contributed by atoms with E-state index in [0.717, 1.165) is 17.2 Å². The summed E-state index contributed by atoms with van der Waals surface area (Å²) in [5.41, 5.74) is 1.53. The second-order valence-electron chi connectivity index (χ2n) is 6.62. The molecule has 1 heterocycles. The number of benzene rings is 3. The van der Waals surface area contributed by atoms with Gasteiger partial charge in [-0.3, -0.25) is 0 Å². The van der Waals surface area contributed by atoms with Crippen LogP contribution in [0.4, 0.5) is 8.78 Å². The second-order valence-corrected chi connectivity index (χ2v) is 9.01. The molecule has 0 amide bonds. The number of halogens is 3. The predicted molar refractivity (Wildman–Crippen MR) is 106 cm³/mol. The lowest BCUT2D eigenvalue weighted by molar-refractivity contribution is 0.147. The highest BCUT2D eigenvalue weighted by molar-refractivity contribution is 7.90. The summed E-state index contributed by atoms with van der Waals surface area (Å²) in [6, 6.07) is 12.9. The van der Waals surface area contributed by atoms with Crippen LogP contribution in [0, 0.1) is 6.92 Å². The summed E-state index contributed by atoms with van der Waals surface area (Å²) < 4.78 is 52.0. The van der Waals surface area contributed by atoms with Gasteiger partial charge >= 0.3 is 0 Å². The lowest BCUT2D eigenvalue weighted by Crippen LogP contribution is -2.01. The number of fused-ring (bicyclic) bond motifs is 3. The van der Waals surface area contributed by atoms with Crippen LogP contribution in [0.5, 0.6) is 0 Å². The molecule has 0 atom stereocenters. The fraction of sp³-hybridized carbons (Fsp3) is 0.150. The molecule has 28 heavy (non-hydrogen) atoms. The lowest BCUT2D eigenvalue weighted by atomic mass is 10.0. The molecule has 4 aromatic rings. The molecule has 3 aromatic carbocycles. The Morgan fingerprint density at radius 1 is 0.964 bits per heavy atom. The summed E-state index contributed by atoms with van der Waals surface area (Å²) in [5.74, 6) is 0. The monoisotopic (exact) mass is 420 g/mol. The molecule has 0 N–H and O–H groups in total. The van der Waals surface area contributed by atoms with Crippen molar-refractivity contribution in [1.29, 1.82) is 0 Å². The van der Waals surface area contributed by atoms with Crippen molar-refractivity contribution < 1.29 is 17.2 Å². The van der Waals surface area contributed by atoms with Gasteiger partial charge in [0.1, 0.15) is 5.69 Å². The van der Waals surface area contributed by atoms with E-state index in [1.165, 1.54) is 16.8 Å². The Labute approximate surface area is 165 Å². The minimum absolute atomic E-state index is 0.144. The Morgan fingerprint density at radius 3 is 2.18 bits per heavy atom. The molecule has 0 radical (unpaired) electrons. The van der Waals surface area contributed by atoms with E-state index < -0.39 is 16.3 Å². The minimum atomic E-state index is -3.36. The molecule has 0 fully saturated rings. The number of aromatic nitrogens is 2. The van der Waals surface area contributed by atoms with Crippen molar-refractivity contribution in [3.05, 3.63) is 64.8 Å². The Bertz CT molecular complexity index is 1330. The van der Waals surface area contributed by atoms with Crippen LogP contribution in [0.2, 0.25) is 5.02 Å². The molecular formula is C20H15ClF2N2O2S. The molecule has 4 rings (SSSR count). The van der Waals surface area contributed by atoms with Gasteiger partial charge in [0.2, 0.25) is 0 Å². The summed E-state index contributed by atoms with van der Waals surface area (Å²) in [6.07, 6.45) is -1.64. The SMILES string of the molecule is Cc1ccc2c(ccc3c(C(F)F)nn(-c4ccc(S(C)(=O)=O)cc4)c32)c1Cl. The third-order valence-corrected chi connectivity index (χ3v) is 6.34. The zero-order valence-corrected chi connectivity index (χ0v) is 16.5. The molecule has 0 aliphatic carbocycles. The van der Waals surface area contributed by atoms with E-state index in [2.05, 4.69) is 5.10 Å². The van der Waals surface area contributed by atoms with Crippen LogP contribution in [0.15, 0.2) is 53.4 Å². The maximum atomic E-state index is 13.6. The first-order chi connectivity index (χ1) is 13.2. The third kappa shape index (κ3) is 2.95. The van der Waals surface area contributed by atoms with Gasteiger partial charge in [-0.2, -0.15) is 5.10 Å². The van der Waals surface area contributed by atoms with Crippen LogP contribution >= 0.6 is 11.6 Å². The Balaban J connectivity index is 2.07. The summed E-state index contributed by atoms with van der Waals surface area (Å²) in [7, 11) is -3.36. The fourth-order valence-electron chi connectivity index (χ4n) is 3.29. The molecule has 0 aliphatic heterocycles. The van der Waals surface area contributed by atoms with Gasteiger partial charge in [-0.25, -0.2) is 21.9 Å². The van der Waals surface area contributed by atoms with Crippen molar-refractivity contribution in [1.82, 2.24) is 9.78 Å². The van der Waals surface area contributed by atoms with E-state index >= 15 is 0 Å². The average molecular weight is 421 g/mol. The minimum Gasteiger partial charge on any atom is -0.232 e. The van der Waals surface area contributed by atoms with E-state index in [4.69, 9.17) is 11.6 Å². The molecule has 0 bridgehead atoms. The van der Waals surface area contributed by atoms with Crippen molar-refractivity contribution in [2.45, 2.75) is 18.2 Å². The van der Waals surface area contributed by atoms with Crippen LogP contribution in [0.3, 0.4) is 0 Å². The largest absolute Gasteiger partial charge is 0.282 e. The standard InChI is InChI=1S/C20H15ClF2N2O2S/c1-11-3-8-15-14(17(11)21)9-10-16-18(20(22)23)24-25(19(15)16)12-4-6-13(7-5-12)28(2,26)27/h3-10,20H,1-2H3. The van der Waals surface area contributed by atoms with Crippen molar-refractivity contribution in [2.24, 2.45) is 0 Å². The fourth-order valence-corrected chi connectivity index (χ4v) is 4.15. The molecule has 0 saturated carbocycles. The van der Waals surface area contributed by atoms with E-state index in [9.17, 15) is 17.2 Å². The van der Waals surface area contributed by atoms with Gasteiger partial charge < -0.3 is 0 Å². The Hall–Kier alpha value is -2.51. The van der Waals surface area contributed by atoms with E-state index in [1.54, 1.807) is 24.3 Å². The van der Waals surface area contributed by atoms with Crippen LogP contribution in [0.1, 0.15) is 17.7 Å². The normalized spacial score (nSPS) is 12.4. The number of nitrogens with zero attached hydrogens (tertiary/aromatic N) is 2. The average Bonchev–Trinajstić information content (AvgIpc) is 3.04. The van der Waals surface area contributed by atoms with Gasteiger partial charge in [0.05, 0.1) is 21.1 Å². The topological polar surface area (TPSA) is 52.0 Å². The first-order valence-electron chi connectivity index (χ1n) is 8.37. The highest BCUT2D eigenvalue weighted by atomic mass is 35.5. The van der Waals surface area contributed by atoms with Crippen LogP contribution in [-0.4, -0.2) is 24.5 Å². The van der Waals surface area contributed by atoms with Crippen LogP contribution in [-0.2, 0) is 9.84 Å². The Morgan fingerprint density at radius 2 is 1.57 bits per heavy atom. The highest BCUT2D eigenvalue weighted by Crippen LogP contribution is 2.37. The predicted octanol–water partition coefficient (Wildman–Crippen LogP) is 5.48. The maximum Gasteiger partial charge on any atom is 0.282 e. The van der Waals surface area contributed by atoms with Crippen LogP contribution < -0.4 is 0 Å². The van der Waals surface area contributed by atoms with Crippen LogP contribution in [0.25, 0.3) is 27.4 Å². The lowest BCUT2D eigenvalue weighted by Gasteiger charge is -2.09. The van der Waals surface area contributed by atoms with Gasteiger partial charge in [0.25, 0.3) is 6.43 Å². The van der Waals surface area contributed by atoms with Crippen molar-refractivity contribution in [3.8, 4) is 5.69 Å². The summed E-state index contributed by atoms with van der Waals surface area (Å²) in [5, 5.41) is 6.44. The van der Waals surface area contributed by atoms with E-state index in [1.807, 2.05) is 19.1 Å². The first kappa shape index (κ1) is 18.8. The Kier molecular flexibility index (Phi) is 4.39. The molecule has 0 unspecified atom stereocenters. The molecule has 1 aromatic heterocycles. The molecular weight excluding hydrogens is 406 g/mol. The summed E-state index contributed by atoms with van der Waals surface area (Å²) in [6.45, 7) is 1.87. The smallest absolute Gasteiger partial charge is 0.232 e. The maximum absolute atomic E-state index is 13.6. The van der Waals surface area contributed by atoms with Gasteiger partial charge in [-0.1, -0.05) is 29.8 Å². The van der Waals surface area contributed by atoms with Crippen molar-refractivity contribution >= 4 is 43.1 Å². The number of alkyl halides is 2. The molecule has 0 aliphatic rings. The zero-order chi connectivity index (χ0) is 20.2. The zero-order valence-electron chi connectivity index (χ0n) is 14.9. The molecule has 144 valence electrons. The number of hydrogen-bond donors (Lipinski definition) is 0. The van der Waals surface area contributed by atoms with Gasteiger partial charge in [-0.15, -0.1) is 0 Å². The number of rotatable bonds is 3. The summed E-state index contributed by atoms with van der Waals surface area (Å²) >= 11 is 6.42. The number of sulfone groups is 1. The number of hydrogen-bond acceptors (Lipinski definition) is 3. The molecule has 0 saturated heterocycles. The van der Waals surface area contributed by atoms with Gasteiger partial charge in [0.15, 0.2) is 9.84 Å².